The van der Waals surface area contributed by atoms with E-state index in [0.29, 0.717) is 6.54 Å². The fourth-order valence-electron chi connectivity index (χ4n) is 1.01. The van der Waals surface area contributed by atoms with Crippen LogP contribution in [0.15, 0.2) is 0 Å². The Balaban J connectivity index is 3.84. The number of carbonyl (C=O) groups is 2. The highest BCUT2D eigenvalue weighted by Gasteiger charge is 2.27. The molecular weight excluding hydrogens is 239 g/mol. The maximum atomic E-state index is 11.9. The van der Waals surface area contributed by atoms with Crippen LogP contribution in [0.1, 0.15) is 13.3 Å². The lowest BCUT2D eigenvalue weighted by molar-refractivity contribution is -0.139. The van der Waals surface area contributed by atoms with Gasteiger partial charge in [0.15, 0.2) is 0 Å². The number of carbonyl (C=O) groups excluding carboxylic acids is 2. The number of nitrogens with zero attached hydrogens (tertiary/aromatic N) is 1. The minimum absolute atomic E-state index is 0.257. The standard InChI is InChI=1S/C9H16F3N3O2/c1-3-13-8(17)14-7(16)6-15(2)5-4-9(10,11)12/h3-6H2,1-2H3,(H2,13,14,16,17). The molecule has 0 rings (SSSR count). The summed E-state index contributed by atoms with van der Waals surface area (Å²) in [4.78, 5) is 23.3. The number of hydrogen-bond acceptors (Lipinski definition) is 3. The van der Waals surface area contributed by atoms with Crippen LogP contribution in [0.25, 0.3) is 0 Å². The van der Waals surface area contributed by atoms with Crippen LogP contribution in [0.4, 0.5) is 18.0 Å². The molecule has 3 amide bonds. The smallest absolute Gasteiger partial charge is 0.338 e. The highest BCUT2D eigenvalue weighted by atomic mass is 19.4. The number of rotatable bonds is 5. The molecule has 0 saturated heterocycles. The molecule has 0 aromatic rings. The number of urea groups is 1. The summed E-state index contributed by atoms with van der Waals surface area (Å²) in [5, 5.41) is 4.33. The monoisotopic (exact) mass is 255 g/mol. The van der Waals surface area contributed by atoms with Gasteiger partial charge in [-0.15, -0.1) is 0 Å². The largest absolute Gasteiger partial charge is 0.390 e. The van der Waals surface area contributed by atoms with Gasteiger partial charge in [0.25, 0.3) is 0 Å². The molecule has 0 aliphatic heterocycles. The second kappa shape index (κ2) is 7.10. The zero-order valence-electron chi connectivity index (χ0n) is 9.73. The molecule has 0 bridgehead atoms. The van der Waals surface area contributed by atoms with Crippen LogP contribution in [0.5, 0.6) is 0 Å². The quantitative estimate of drug-likeness (QED) is 0.760. The average Bonchev–Trinajstić information content (AvgIpc) is 2.13. The number of halogens is 3. The molecule has 8 heteroatoms. The summed E-state index contributed by atoms with van der Waals surface area (Å²) in [5.74, 6) is -0.638. The molecule has 0 aromatic carbocycles. The molecule has 0 unspecified atom stereocenters. The van der Waals surface area contributed by atoms with Crippen molar-refractivity contribution in [3.63, 3.8) is 0 Å². The van der Waals surface area contributed by atoms with Crippen molar-refractivity contribution in [3.05, 3.63) is 0 Å². The van der Waals surface area contributed by atoms with Gasteiger partial charge < -0.3 is 5.32 Å². The Bertz CT molecular complexity index is 269. The van der Waals surface area contributed by atoms with Gasteiger partial charge in [0.1, 0.15) is 0 Å². The zero-order chi connectivity index (χ0) is 13.5. The summed E-state index contributed by atoms with van der Waals surface area (Å²) in [6.45, 7) is 1.50. The fourth-order valence-corrected chi connectivity index (χ4v) is 1.01. The maximum Gasteiger partial charge on any atom is 0.390 e. The lowest BCUT2D eigenvalue weighted by Gasteiger charge is -2.16. The molecule has 0 heterocycles. The molecule has 0 aliphatic rings. The van der Waals surface area contributed by atoms with E-state index in [1.165, 1.54) is 11.9 Å². The Morgan fingerprint density at radius 3 is 2.35 bits per heavy atom. The topological polar surface area (TPSA) is 61.4 Å². The van der Waals surface area contributed by atoms with Crippen LogP contribution in [0.3, 0.4) is 0 Å². The Kier molecular flexibility index (Phi) is 6.55. The van der Waals surface area contributed by atoms with E-state index in [4.69, 9.17) is 0 Å². The van der Waals surface area contributed by atoms with Crippen molar-refractivity contribution in [1.82, 2.24) is 15.5 Å². The number of alkyl halides is 3. The molecule has 100 valence electrons. The molecule has 0 radical (unpaired) electrons. The molecule has 0 saturated carbocycles. The molecule has 0 aromatic heterocycles. The van der Waals surface area contributed by atoms with Crippen molar-refractivity contribution in [2.45, 2.75) is 19.5 Å². The van der Waals surface area contributed by atoms with Crippen LogP contribution < -0.4 is 10.6 Å². The predicted molar refractivity (Wildman–Crippen MR) is 55.4 cm³/mol. The first kappa shape index (κ1) is 15.7. The fraction of sp³-hybridized carbons (Fsp3) is 0.778. The number of likely N-dealkylation sites (N-methyl/N-ethyl adjacent to an activating group) is 1. The van der Waals surface area contributed by atoms with Crippen LogP contribution in [0, 0.1) is 0 Å². The minimum Gasteiger partial charge on any atom is -0.338 e. The van der Waals surface area contributed by atoms with Crippen LogP contribution >= 0.6 is 0 Å². The molecule has 0 spiro atoms. The van der Waals surface area contributed by atoms with E-state index in [0.717, 1.165) is 0 Å². The number of imide groups is 1. The Morgan fingerprint density at radius 1 is 1.29 bits per heavy atom. The number of nitrogens with one attached hydrogen (secondary N) is 2. The summed E-state index contributed by atoms with van der Waals surface area (Å²) in [6.07, 6.45) is -5.23. The molecule has 5 nitrogen and oxygen atoms in total. The Hall–Kier alpha value is -1.31. The summed E-state index contributed by atoms with van der Waals surface area (Å²) >= 11 is 0. The van der Waals surface area contributed by atoms with Gasteiger partial charge >= 0.3 is 12.2 Å². The predicted octanol–water partition coefficient (Wildman–Crippen LogP) is 0.716. The Morgan fingerprint density at radius 2 is 1.88 bits per heavy atom. The lowest BCUT2D eigenvalue weighted by Crippen LogP contribution is -2.44. The van der Waals surface area contributed by atoms with Crippen LogP contribution in [0.2, 0.25) is 0 Å². The van der Waals surface area contributed by atoms with Gasteiger partial charge in [0.05, 0.1) is 13.0 Å². The highest BCUT2D eigenvalue weighted by Crippen LogP contribution is 2.19. The molecule has 2 N–H and O–H groups in total. The lowest BCUT2D eigenvalue weighted by atomic mass is 10.4. The van der Waals surface area contributed by atoms with Gasteiger partial charge in [-0.05, 0) is 14.0 Å². The normalized spacial score (nSPS) is 11.4. The van der Waals surface area contributed by atoms with E-state index in [2.05, 4.69) is 5.32 Å². The third-order valence-corrected chi connectivity index (χ3v) is 1.78. The van der Waals surface area contributed by atoms with E-state index in [-0.39, 0.29) is 13.1 Å². The van der Waals surface area contributed by atoms with E-state index in [1.807, 2.05) is 5.32 Å². The van der Waals surface area contributed by atoms with Crippen molar-refractivity contribution >= 4 is 11.9 Å². The van der Waals surface area contributed by atoms with Crippen LogP contribution in [-0.4, -0.2) is 49.7 Å². The SMILES string of the molecule is CCNC(=O)NC(=O)CN(C)CCC(F)(F)F. The summed E-state index contributed by atoms with van der Waals surface area (Å²) in [5.41, 5.74) is 0. The molecule has 0 fully saturated rings. The molecule has 0 atom stereocenters. The molecule has 17 heavy (non-hydrogen) atoms. The second-order valence-corrected chi connectivity index (χ2v) is 3.51. The van der Waals surface area contributed by atoms with Crippen molar-refractivity contribution in [3.8, 4) is 0 Å². The number of hydrogen-bond donors (Lipinski definition) is 2. The maximum absolute atomic E-state index is 11.9. The van der Waals surface area contributed by atoms with E-state index in [9.17, 15) is 22.8 Å². The molecular formula is C9H16F3N3O2. The first-order valence-electron chi connectivity index (χ1n) is 5.07. The summed E-state index contributed by atoms with van der Waals surface area (Å²) < 4.78 is 35.6. The summed E-state index contributed by atoms with van der Waals surface area (Å²) in [6, 6.07) is -0.651. The zero-order valence-corrected chi connectivity index (χ0v) is 9.73. The van der Waals surface area contributed by atoms with E-state index in [1.54, 1.807) is 6.92 Å². The van der Waals surface area contributed by atoms with Crippen molar-refractivity contribution in [1.29, 1.82) is 0 Å². The first-order valence-corrected chi connectivity index (χ1v) is 5.07. The Labute approximate surface area is 97.3 Å². The van der Waals surface area contributed by atoms with E-state index >= 15 is 0 Å². The average molecular weight is 255 g/mol. The number of amides is 3. The van der Waals surface area contributed by atoms with Gasteiger partial charge in [-0.1, -0.05) is 0 Å². The van der Waals surface area contributed by atoms with Crippen molar-refractivity contribution in [2.24, 2.45) is 0 Å². The van der Waals surface area contributed by atoms with Gasteiger partial charge in [-0.3, -0.25) is 15.0 Å². The van der Waals surface area contributed by atoms with Gasteiger partial charge in [0, 0.05) is 13.1 Å². The third kappa shape index (κ3) is 9.61. The van der Waals surface area contributed by atoms with Crippen LogP contribution in [-0.2, 0) is 4.79 Å². The summed E-state index contributed by atoms with van der Waals surface area (Å²) in [7, 11) is 1.38. The third-order valence-electron chi connectivity index (χ3n) is 1.78. The van der Waals surface area contributed by atoms with Crippen molar-refractivity contribution < 1.29 is 22.8 Å². The van der Waals surface area contributed by atoms with Crippen molar-refractivity contribution in [2.75, 3.05) is 26.7 Å². The van der Waals surface area contributed by atoms with Gasteiger partial charge in [0.2, 0.25) is 5.91 Å². The minimum atomic E-state index is -4.25. The van der Waals surface area contributed by atoms with Gasteiger partial charge in [-0.2, -0.15) is 13.2 Å². The van der Waals surface area contributed by atoms with Gasteiger partial charge in [-0.25, -0.2) is 4.79 Å². The first-order chi connectivity index (χ1) is 7.74. The van der Waals surface area contributed by atoms with E-state index < -0.39 is 24.5 Å². The second-order valence-electron chi connectivity index (χ2n) is 3.51. The highest BCUT2D eigenvalue weighted by molar-refractivity contribution is 5.95. The molecule has 0 aliphatic carbocycles.